The van der Waals surface area contributed by atoms with Gasteiger partial charge in [-0.25, -0.2) is 4.79 Å². The lowest BCUT2D eigenvalue weighted by Crippen LogP contribution is -2.49. The van der Waals surface area contributed by atoms with Crippen molar-refractivity contribution in [3.63, 3.8) is 0 Å². The van der Waals surface area contributed by atoms with Crippen LogP contribution >= 0.6 is 0 Å². The van der Waals surface area contributed by atoms with Crippen LogP contribution in [0.15, 0.2) is 42.6 Å². The number of aryl methyl sites for hydroxylation is 1. The van der Waals surface area contributed by atoms with Crippen molar-refractivity contribution in [1.82, 2.24) is 10.2 Å². The van der Waals surface area contributed by atoms with Crippen molar-refractivity contribution in [2.45, 2.75) is 69.6 Å². The van der Waals surface area contributed by atoms with Gasteiger partial charge in [0.2, 0.25) is 0 Å². The third-order valence-electron chi connectivity index (χ3n) is 6.27. The van der Waals surface area contributed by atoms with Crippen LogP contribution in [0, 0.1) is 5.92 Å². The van der Waals surface area contributed by atoms with E-state index in [1.807, 2.05) is 42.2 Å². The van der Waals surface area contributed by atoms with Crippen LogP contribution in [0.3, 0.4) is 0 Å². The van der Waals surface area contributed by atoms with Crippen LogP contribution < -0.4 is 5.32 Å². The number of fused-ring (bicyclic) bond motifs is 1. The molecule has 2 aliphatic rings. The molecule has 28 heavy (non-hydrogen) atoms. The molecule has 0 radical (unpaired) electrons. The van der Waals surface area contributed by atoms with Crippen LogP contribution in [0.1, 0.15) is 44.6 Å². The summed E-state index contributed by atoms with van der Waals surface area (Å²) in [6.45, 7) is 6.04. The van der Waals surface area contributed by atoms with Gasteiger partial charge in [0.1, 0.15) is 12.1 Å². The second kappa shape index (κ2) is 8.78. The highest BCUT2D eigenvalue weighted by Crippen LogP contribution is 2.43. The molecular weight excluding hydrogens is 356 g/mol. The van der Waals surface area contributed by atoms with Gasteiger partial charge in [0.25, 0.3) is 0 Å². The number of nitrogens with one attached hydrogen (secondary N) is 1. The molecule has 2 fully saturated rings. The molecule has 3 rings (SSSR count). The quantitative estimate of drug-likeness (QED) is 0.605. The summed E-state index contributed by atoms with van der Waals surface area (Å²) in [5.74, 6) is -1.31. The maximum atomic E-state index is 11.8. The molecule has 1 aliphatic carbocycles. The molecule has 152 valence electrons. The first-order valence-corrected chi connectivity index (χ1v) is 10.1. The zero-order valence-electron chi connectivity index (χ0n) is 16.4. The second-order valence-corrected chi connectivity index (χ2v) is 8.05. The van der Waals surface area contributed by atoms with Gasteiger partial charge in [0, 0.05) is 17.8 Å². The number of aliphatic carboxylic acids is 2. The minimum atomic E-state index is -0.898. The van der Waals surface area contributed by atoms with E-state index in [9.17, 15) is 19.8 Å². The Labute approximate surface area is 166 Å². The maximum absolute atomic E-state index is 11.8. The standard InChI is InChI=1S/C22H30N2O4/c1-14(23-18(21(25)26)12-11-16-7-4-3-5-8-16)15(2)24-19-10-6-9-17(19)13-20(24)22(27)28/h3-5,7-8,14,17-20,23H,2,6,9-13H2,1H3,(H,25,26)(H,27,28)/t14-,17-,18-,19-,20-/m0/s1. The average Bonchev–Trinajstić information content (AvgIpc) is 3.26. The number of carbonyl (C=O) groups is 2. The third-order valence-corrected chi connectivity index (χ3v) is 6.27. The van der Waals surface area contributed by atoms with Crippen LogP contribution in [0.25, 0.3) is 0 Å². The zero-order valence-corrected chi connectivity index (χ0v) is 16.4. The number of rotatable bonds is 9. The lowest BCUT2D eigenvalue weighted by Gasteiger charge is -2.35. The molecule has 1 saturated heterocycles. The van der Waals surface area contributed by atoms with Crippen molar-refractivity contribution in [2.75, 3.05) is 0 Å². The highest BCUT2D eigenvalue weighted by atomic mass is 16.4. The number of likely N-dealkylation sites (tertiary alicyclic amines) is 1. The van der Waals surface area contributed by atoms with Gasteiger partial charge in [-0.05, 0) is 50.5 Å². The van der Waals surface area contributed by atoms with Crippen molar-refractivity contribution < 1.29 is 19.8 Å². The van der Waals surface area contributed by atoms with Crippen LogP contribution in [0.5, 0.6) is 0 Å². The van der Waals surface area contributed by atoms with E-state index in [1.54, 1.807) is 0 Å². The Balaban J connectivity index is 1.65. The Hall–Kier alpha value is -2.34. The first kappa shape index (κ1) is 20.4. The van der Waals surface area contributed by atoms with E-state index < -0.39 is 24.0 Å². The normalized spacial score (nSPS) is 25.9. The summed E-state index contributed by atoms with van der Waals surface area (Å²) < 4.78 is 0. The number of nitrogens with zero attached hydrogens (tertiary/aromatic N) is 1. The van der Waals surface area contributed by atoms with Gasteiger partial charge in [-0.15, -0.1) is 0 Å². The third kappa shape index (κ3) is 4.38. The first-order chi connectivity index (χ1) is 13.4. The molecule has 6 heteroatoms. The van der Waals surface area contributed by atoms with Gasteiger partial charge in [-0.2, -0.15) is 0 Å². The van der Waals surface area contributed by atoms with Crippen LogP contribution in [-0.4, -0.2) is 51.2 Å². The molecule has 0 bridgehead atoms. The molecular formula is C22H30N2O4. The lowest BCUT2D eigenvalue weighted by atomic mass is 10.0. The van der Waals surface area contributed by atoms with Crippen molar-refractivity contribution >= 4 is 11.9 Å². The molecule has 1 heterocycles. The molecule has 1 aromatic rings. The Morgan fingerprint density at radius 1 is 1.25 bits per heavy atom. The second-order valence-electron chi connectivity index (χ2n) is 8.05. The van der Waals surface area contributed by atoms with Gasteiger partial charge < -0.3 is 15.1 Å². The monoisotopic (exact) mass is 386 g/mol. The average molecular weight is 386 g/mol. The number of carboxylic acid groups (broad SMARTS) is 2. The summed E-state index contributed by atoms with van der Waals surface area (Å²) in [5, 5.41) is 22.5. The van der Waals surface area contributed by atoms with Gasteiger partial charge in [-0.1, -0.05) is 43.3 Å². The first-order valence-electron chi connectivity index (χ1n) is 10.1. The Morgan fingerprint density at radius 3 is 2.61 bits per heavy atom. The SMILES string of the molecule is C=C([C@H](C)N[C@@H](CCc1ccccc1)C(=O)O)N1[C@H](C(=O)O)C[C@@H]2CCC[C@@H]21. The topological polar surface area (TPSA) is 89.9 Å². The number of benzene rings is 1. The van der Waals surface area contributed by atoms with E-state index in [2.05, 4.69) is 11.9 Å². The maximum Gasteiger partial charge on any atom is 0.326 e. The zero-order chi connectivity index (χ0) is 20.3. The fourth-order valence-corrected chi connectivity index (χ4v) is 4.78. The van der Waals surface area contributed by atoms with Crippen molar-refractivity contribution in [1.29, 1.82) is 0 Å². The van der Waals surface area contributed by atoms with Crippen LogP contribution in [0.2, 0.25) is 0 Å². The molecule has 1 aromatic carbocycles. The van der Waals surface area contributed by atoms with Crippen LogP contribution in [-0.2, 0) is 16.0 Å². The molecule has 3 N–H and O–H groups in total. The Kier molecular flexibility index (Phi) is 6.39. The predicted octanol–water partition coefficient (Wildman–Crippen LogP) is 2.89. The van der Waals surface area contributed by atoms with Crippen molar-refractivity contribution in [3.8, 4) is 0 Å². The summed E-state index contributed by atoms with van der Waals surface area (Å²) in [7, 11) is 0. The van der Waals surface area contributed by atoms with Crippen molar-refractivity contribution in [3.05, 3.63) is 48.2 Å². The summed E-state index contributed by atoms with van der Waals surface area (Å²) in [5.41, 5.74) is 1.79. The highest BCUT2D eigenvalue weighted by molar-refractivity contribution is 5.75. The molecule has 5 atom stereocenters. The fourth-order valence-electron chi connectivity index (χ4n) is 4.78. The number of hydrogen-bond acceptors (Lipinski definition) is 4. The van der Waals surface area contributed by atoms with E-state index >= 15 is 0 Å². The van der Waals surface area contributed by atoms with Gasteiger partial charge in [0.15, 0.2) is 0 Å². The molecule has 0 unspecified atom stereocenters. The fraction of sp³-hybridized carbons (Fsp3) is 0.545. The molecule has 0 aromatic heterocycles. The predicted molar refractivity (Wildman–Crippen MR) is 107 cm³/mol. The van der Waals surface area contributed by atoms with E-state index in [-0.39, 0.29) is 12.1 Å². The van der Waals surface area contributed by atoms with Gasteiger partial charge in [-0.3, -0.25) is 10.1 Å². The van der Waals surface area contributed by atoms with E-state index in [0.29, 0.717) is 30.9 Å². The van der Waals surface area contributed by atoms with Gasteiger partial charge in [0.05, 0.1) is 0 Å². The molecule has 1 saturated carbocycles. The molecule has 0 spiro atoms. The minimum Gasteiger partial charge on any atom is -0.480 e. The summed E-state index contributed by atoms with van der Waals surface area (Å²) in [4.78, 5) is 25.5. The largest absolute Gasteiger partial charge is 0.480 e. The van der Waals surface area contributed by atoms with E-state index in [0.717, 1.165) is 24.8 Å². The molecule has 0 amide bonds. The summed E-state index contributed by atoms with van der Waals surface area (Å²) in [6.07, 6.45) is 4.94. The Morgan fingerprint density at radius 2 is 1.96 bits per heavy atom. The van der Waals surface area contributed by atoms with Crippen LogP contribution in [0.4, 0.5) is 0 Å². The van der Waals surface area contributed by atoms with E-state index in [1.165, 1.54) is 0 Å². The smallest absolute Gasteiger partial charge is 0.326 e. The number of hydrogen-bond donors (Lipinski definition) is 3. The number of carboxylic acids is 2. The summed E-state index contributed by atoms with van der Waals surface area (Å²) in [6, 6.07) is 8.45. The molecule has 6 nitrogen and oxygen atoms in total. The highest BCUT2D eigenvalue weighted by Gasteiger charge is 2.47. The van der Waals surface area contributed by atoms with Crippen molar-refractivity contribution in [2.24, 2.45) is 5.92 Å². The van der Waals surface area contributed by atoms with E-state index in [4.69, 9.17) is 0 Å². The molecule has 1 aliphatic heterocycles. The Bertz CT molecular complexity index is 721. The summed E-state index contributed by atoms with van der Waals surface area (Å²) >= 11 is 0. The minimum absolute atomic E-state index is 0.213. The van der Waals surface area contributed by atoms with Gasteiger partial charge >= 0.3 is 11.9 Å². The lowest BCUT2D eigenvalue weighted by molar-refractivity contribution is -0.142.